The summed E-state index contributed by atoms with van der Waals surface area (Å²) < 4.78 is 52.2. The molecule has 0 saturated carbocycles. The lowest BCUT2D eigenvalue weighted by Gasteiger charge is -2.23. The van der Waals surface area contributed by atoms with E-state index in [0.29, 0.717) is 5.69 Å². The third-order valence-corrected chi connectivity index (χ3v) is 7.27. The second kappa shape index (κ2) is 6.92. The van der Waals surface area contributed by atoms with Gasteiger partial charge < -0.3 is 0 Å². The lowest BCUT2D eigenvalue weighted by molar-refractivity contribution is 0.520. The van der Waals surface area contributed by atoms with Gasteiger partial charge in [0, 0.05) is 20.6 Å². The highest BCUT2D eigenvalue weighted by atomic mass is 32.2. The van der Waals surface area contributed by atoms with Crippen molar-refractivity contribution in [1.29, 1.82) is 0 Å². The number of anilines is 1. The Hall–Kier alpha value is -1.90. The zero-order valence-corrected chi connectivity index (χ0v) is 15.4. The van der Waals surface area contributed by atoms with E-state index in [1.54, 1.807) is 31.2 Å². The maximum atomic E-state index is 12.8. The van der Waals surface area contributed by atoms with Gasteiger partial charge in [-0.3, -0.25) is 4.31 Å². The summed E-state index contributed by atoms with van der Waals surface area (Å²) >= 11 is 0. The van der Waals surface area contributed by atoms with Crippen molar-refractivity contribution in [3.8, 4) is 0 Å². The molecule has 0 fully saturated rings. The number of nitrogens with zero attached hydrogens (tertiary/aromatic N) is 2. The molecule has 0 spiro atoms. The van der Waals surface area contributed by atoms with Crippen molar-refractivity contribution >= 4 is 25.7 Å². The molecule has 0 bridgehead atoms. The smallest absolute Gasteiger partial charge is 0.264 e. The zero-order chi connectivity index (χ0) is 18.0. The molecule has 0 N–H and O–H groups in total. The van der Waals surface area contributed by atoms with Crippen molar-refractivity contribution in [2.75, 3.05) is 24.9 Å². The molecule has 6 nitrogen and oxygen atoms in total. The van der Waals surface area contributed by atoms with Crippen LogP contribution in [0.5, 0.6) is 0 Å². The van der Waals surface area contributed by atoms with Crippen LogP contribution in [0.2, 0.25) is 0 Å². The Morgan fingerprint density at radius 3 is 1.62 bits per heavy atom. The van der Waals surface area contributed by atoms with E-state index in [9.17, 15) is 16.8 Å². The van der Waals surface area contributed by atoms with Crippen molar-refractivity contribution in [2.24, 2.45) is 0 Å². The average Bonchev–Trinajstić information content (AvgIpc) is 2.56. The first kappa shape index (κ1) is 18.4. The van der Waals surface area contributed by atoms with Crippen LogP contribution in [-0.2, 0) is 20.0 Å². The van der Waals surface area contributed by atoms with Crippen molar-refractivity contribution in [3.05, 3.63) is 54.6 Å². The summed E-state index contributed by atoms with van der Waals surface area (Å²) in [6, 6.07) is 14.0. The van der Waals surface area contributed by atoms with Crippen molar-refractivity contribution in [2.45, 2.75) is 16.7 Å². The van der Waals surface area contributed by atoms with E-state index in [2.05, 4.69) is 0 Å². The molecule has 0 unspecified atom stereocenters. The standard InChI is InChI=1S/C16H20N2O4S2/c1-4-18(14-8-6-5-7-9-14)24(21,22)16-12-10-15(11-13-16)23(19,20)17(2)3/h5-13H,4H2,1-3H3. The molecule has 0 atom stereocenters. The molecule has 2 aromatic rings. The SMILES string of the molecule is CCN(c1ccccc1)S(=O)(=O)c1ccc(S(=O)(=O)N(C)C)cc1. The van der Waals surface area contributed by atoms with Gasteiger partial charge in [0.15, 0.2) is 0 Å². The first-order valence-electron chi connectivity index (χ1n) is 7.31. The predicted octanol–water partition coefficient (Wildman–Crippen LogP) is 2.15. The number of hydrogen-bond donors (Lipinski definition) is 0. The number of para-hydroxylation sites is 1. The Morgan fingerprint density at radius 2 is 1.21 bits per heavy atom. The summed E-state index contributed by atoms with van der Waals surface area (Å²) in [6.45, 7) is 2.01. The molecule has 0 amide bonds. The Kier molecular flexibility index (Phi) is 5.32. The van der Waals surface area contributed by atoms with Gasteiger partial charge in [-0.15, -0.1) is 0 Å². The second-order valence-electron chi connectivity index (χ2n) is 5.26. The highest BCUT2D eigenvalue weighted by molar-refractivity contribution is 7.92. The molecule has 0 aromatic heterocycles. The first-order valence-corrected chi connectivity index (χ1v) is 10.2. The Balaban J connectivity index is 2.43. The van der Waals surface area contributed by atoms with Crippen LogP contribution in [0, 0.1) is 0 Å². The Labute approximate surface area is 143 Å². The van der Waals surface area contributed by atoms with Gasteiger partial charge >= 0.3 is 0 Å². The zero-order valence-electron chi connectivity index (χ0n) is 13.7. The monoisotopic (exact) mass is 368 g/mol. The summed E-state index contributed by atoms with van der Waals surface area (Å²) in [5, 5.41) is 0. The van der Waals surface area contributed by atoms with Crippen LogP contribution in [0.4, 0.5) is 5.69 Å². The summed E-state index contributed by atoms with van der Waals surface area (Å²) in [4.78, 5) is 0.0973. The van der Waals surface area contributed by atoms with Gasteiger partial charge in [0.2, 0.25) is 10.0 Å². The van der Waals surface area contributed by atoms with Gasteiger partial charge in [-0.25, -0.2) is 21.1 Å². The van der Waals surface area contributed by atoms with Crippen molar-refractivity contribution < 1.29 is 16.8 Å². The number of hydrogen-bond acceptors (Lipinski definition) is 4. The minimum atomic E-state index is -3.76. The van der Waals surface area contributed by atoms with Crippen LogP contribution in [0.25, 0.3) is 0 Å². The molecule has 0 radical (unpaired) electrons. The first-order chi connectivity index (χ1) is 11.2. The van der Waals surface area contributed by atoms with Gasteiger partial charge in [-0.1, -0.05) is 18.2 Å². The minimum Gasteiger partial charge on any atom is -0.267 e. The summed E-state index contributed by atoms with van der Waals surface area (Å²) in [7, 11) is -4.50. The topological polar surface area (TPSA) is 74.8 Å². The van der Waals surface area contributed by atoms with E-state index in [1.807, 2.05) is 6.07 Å². The number of rotatable bonds is 6. The highest BCUT2D eigenvalue weighted by Gasteiger charge is 2.24. The maximum absolute atomic E-state index is 12.8. The molecule has 8 heteroatoms. The van der Waals surface area contributed by atoms with Gasteiger partial charge in [-0.05, 0) is 43.3 Å². The molecular weight excluding hydrogens is 348 g/mol. The third-order valence-electron chi connectivity index (χ3n) is 3.52. The van der Waals surface area contributed by atoms with Crippen LogP contribution in [0.1, 0.15) is 6.92 Å². The molecule has 0 heterocycles. The van der Waals surface area contributed by atoms with Gasteiger partial charge in [0.05, 0.1) is 15.5 Å². The lowest BCUT2D eigenvalue weighted by Crippen LogP contribution is -2.30. The molecule has 130 valence electrons. The molecule has 0 saturated heterocycles. The van der Waals surface area contributed by atoms with Crippen LogP contribution < -0.4 is 4.31 Å². The normalized spacial score (nSPS) is 12.3. The molecule has 24 heavy (non-hydrogen) atoms. The lowest BCUT2D eigenvalue weighted by atomic mass is 10.3. The quantitative estimate of drug-likeness (QED) is 0.783. The van der Waals surface area contributed by atoms with E-state index in [-0.39, 0.29) is 16.3 Å². The average molecular weight is 368 g/mol. The maximum Gasteiger partial charge on any atom is 0.264 e. The summed E-state index contributed by atoms with van der Waals surface area (Å²) in [6.07, 6.45) is 0. The number of benzene rings is 2. The fourth-order valence-corrected chi connectivity index (χ4v) is 4.58. The van der Waals surface area contributed by atoms with Crippen molar-refractivity contribution in [3.63, 3.8) is 0 Å². The van der Waals surface area contributed by atoms with Crippen LogP contribution in [0.3, 0.4) is 0 Å². The van der Waals surface area contributed by atoms with Gasteiger partial charge in [0.25, 0.3) is 10.0 Å². The fourth-order valence-electron chi connectivity index (χ4n) is 2.21. The molecule has 2 rings (SSSR count). The Morgan fingerprint density at radius 1 is 0.750 bits per heavy atom. The van der Waals surface area contributed by atoms with Crippen LogP contribution in [0.15, 0.2) is 64.4 Å². The molecular formula is C16H20N2O4S2. The van der Waals surface area contributed by atoms with E-state index >= 15 is 0 Å². The van der Waals surface area contributed by atoms with E-state index in [1.165, 1.54) is 42.7 Å². The molecule has 0 aliphatic carbocycles. The minimum absolute atomic E-state index is 0.0471. The van der Waals surface area contributed by atoms with Gasteiger partial charge in [0.1, 0.15) is 0 Å². The highest BCUT2D eigenvalue weighted by Crippen LogP contribution is 2.24. The summed E-state index contributed by atoms with van der Waals surface area (Å²) in [5.41, 5.74) is 0.560. The second-order valence-corrected chi connectivity index (χ2v) is 9.28. The predicted molar refractivity (Wildman–Crippen MR) is 94.0 cm³/mol. The van der Waals surface area contributed by atoms with Crippen LogP contribution in [-0.4, -0.2) is 41.8 Å². The molecule has 0 aliphatic heterocycles. The van der Waals surface area contributed by atoms with E-state index < -0.39 is 20.0 Å². The fraction of sp³-hybridized carbons (Fsp3) is 0.250. The van der Waals surface area contributed by atoms with Crippen LogP contribution >= 0.6 is 0 Å². The largest absolute Gasteiger partial charge is 0.267 e. The summed E-state index contributed by atoms with van der Waals surface area (Å²) in [5.74, 6) is 0. The van der Waals surface area contributed by atoms with E-state index in [4.69, 9.17) is 0 Å². The Bertz CT molecular complexity index is 891. The molecule has 2 aromatic carbocycles. The molecule has 0 aliphatic rings. The van der Waals surface area contributed by atoms with E-state index in [0.717, 1.165) is 4.31 Å². The number of sulfonamides is 2. The van der Waals surface area contributed by atoms with Crippen molar-refractivity contribution in [1.82, 2.24) is 4.31 Å². The van der Waals surface area contributed by atoms with Gasteiger partial charge in [-0.2, -0.15) is 0 Å². The third kappa shape index (κ3) is 3.45.